The maximum atomic E-state index is 9.84. The predicted molar refractivity (Wildman–Crippen MR) is 65.4 cm³/mol. The lowest BCUT2D eigenvalue weighted by molar-refractivity contribution is 0.176. The molecule has 1 rings (SSSR count). The largest absolute Gasteiger partial charge is 0.495 e. The minimum absolute atomic E-state index is 0.470. The van der Waals surface area contributed by atoms with Gasteiger partial charge in [0.2, 0.25) is 0 Å². The van der Waals surface area contributed by atoms with Crippen molar-refractivity contribution in [1.29, 1.82) is 0 Å². The Bertz CT molecular complexity index is 353. The van der Waals surface area contributed by atoms with Crippen molar-refractivity contribution in [2.75, 3.05) is 25.9 Å². The second-order valence-corrected chi connectivity index (χ2v) is 3.46. The van der Waals surface area contributed by atoms with Gasteiger partial charge in [0, 0.05) is 13.1 Å². The first-order chi connectivity index (χ1) is 7.69. The highest BCUT2D eigenvalue weighted by Crippen LogP contribution is 2.24. The predicted octanol–water partition coefficient (Wildman–Crippen LogP) is 1.09. The molecule has 1 atom stereocenters. The molecule has 0 spiro atoms. The van der Waals surface area contributed by atoms with E-state index in [-0.39, 0.29) is 0 Å². The van der Waals surface area contributed by atoms with Crippen molar-refractivity contribution in [2.45, 2.75) is 6.10 Å². The molecule has 1 unspecified atom stereocenters. The summed E-state index contributed by atoms with van der Waals surface area (Å²) in [5.74, 6) is 0.620. The van der Waals surface area contributed by atoms with Gasteiger partial charge < -0.3 is 20.9 Å². The molecule has 88 valence electrons. The van der Waals surface area contributed by atoms with Crippen molar-refractivity contribution < 1.29 is 9.84 Å². The van der Waals surface area contributed by atoms with E-state index in [0.29, 0.717) is 24.5 Å². The van der Waals surface area contributed by atoms with E-state index in [9.17, 15) is 5.11 Å². The lowest BCUT2D eigenvalue weighted by Gasteiger charge is -2.13. The molecule has 0 aromatic heterocycles. The smallest absolute Gasteiger partial charge is 0.141 e. The van der Waals surface area contributed by atoms with Crippen LogP contribution in [0.2, 0.25) is 0 Å². The number of aliphatic hydroxyl groups is 1. The number of aliphatic hydroxyl groups excluding tert-OH is 1. The minimum atomic E-state index is -0.576. The Hall–Kier alpha value is -1.52. The molecular formula is C12H18N2O2. The zero-order chi connectivity index (χ0) is 12.0. The van der Waals surface area contributed by atoms with Gasteiger partial charge in [-0.15, -0.1) is 6.58 Å². The average molecular weight is 222 g/mol. The summed E-state index contributed by atoms with van der Waals surface area (Å²) in [6.07, 6.45) is 1.17. The van der Waals surface area contributed by atoms with E-state index >= 15 is 0 Å². The van der Waals surface area contributed by atoms with E-state index in [1.54, 1.807) is 31.4 Å². The number of ether oxygens (including phenoxy) is 1. The monoisotopic (exact) mass is 222 g/mol. The number of hydrogen-bond acceptors (Lipinski definition) is 4. The number of hydrogen-bond donors (Lipinski definition) is 3. The molecule has 0 aliphatic heterocycles. The minimum Gasteiger partial charge on any atom is -0.495 e. The summed E-state index contributed by atoms with van der Waals surface area (Å²) in [6.45, 7) is 4.73. The van der Waals surface area contributed by atoms with Crippen LogP contribution in [-0.2, 0) is 0 Å². The van der Waals surface area contributed by atoms with Crippen LogP contribution in [0.25, 0.3) is 0 Å². The van der Waals surface area contributed by atoms with Gasteiger partial charge in [-0.05, 0) is 17.7 Å². The SMILES string of the molecule is C=CCNCC(O)c1ccc(OC)c(N)c1. The molecule has 16 heavy (non-hydrogen) atoms. The topological polar surface area (TPSA) is 67.5 Å². The standard InChI is InChI=1S/C12H18N2O2/c1-3-6-14-8-11(15)9-4-5-12(16-2)10(13)7-9/h3-5,7,11,14-15H,1,6,8,13H2,2H3. The first kappa shape index (κ1) is 12.5. The Balaban J connectivity index is 2.65. The second kappa shape index (κ2) is 6.15. The van der Waals surface area contributed by atoms with Crippen LogP contribution in [0.5, 0.6) is 5.75 Å². The van der Waals surface area contributed by atoms with Crippen LogP contribution in [0.1, 0.15) is 11.7 Å². The van der Waals surface area contributed by atoms with Gasteiger partial charge in [-0.3, -0.25) is 0 Å². The fourth-order valence-electron chi connectivity index (χ4n) is 1.40. The summed E-state index contributed by atoms with van der Waals surface area (Å²) in [4.78, 5) is 0. The molecule has 1 aromatic carbocycles. The number of nitrogens with one attached hydrogen (secondary N) is 1. The van der Waals surface area contributed by atoms with E-state index in [0.717, 1.165) is 5.56 Å². The second-order valence-electron chi connectivity index (χ2n) is 3.46. The maximum absolute atomic E-state index is 9.84. The molecular weight excluding hydrogens is 204 g/mol. The van der Waals surface area contributed by atoms with Crippen molar-refractivity contribution in [3.05, 3.63) is 36.4 Å². The molecule has 0 bridgehead atoms. The van der Waals surface area contributed by atoms with E-state index < -0.39 is 6.10 Å². The molecule has 0 amide bonds. The molecule has 4 N–H and O–H groups in total. The third-order valence-corrected chi connectivity index (χ3v) is 2.26. The van der Waals surface area contributed by atoms with Crippen LogP contribution in [0.4, 0.5) is 5.69 Å². The fourth-order valence-corrected chi connectivity index (χ4v) is 1.40. The summed E-state index contributed by atoms with van der Waals surface area (Å²) < 4.78 is 5.04. The highest BCUT2D eigenvalue weighted by atomic mass is 16.5. The molecule has 0 saturated carbocycles. The fraction of sp³-hybridized carbons (Fsp3) is 0.333. The Morgan fingerprint density at radius 3 is 2.94 bits per heavy atom. The molecule has 0 saturated heterocycles. The molecule has 4 nitrogen and oxygen atoms in total. The number of rotatable bonds is 6. The van der Waals surface area contributed by atoms with Crippen LogP contribution in [0, 0.1) is 0 Å². The summed E-state index contributed by atoms with van der Waals surface area (Å²) in [6, 6.07) is 5.27. The van der Waals surface area contributed by atoms with Crippen molar-refractivity contribution in [2.24, 2.45) is 0 Å². The summed E-state index contributed by atoms with van der Waals surface area (Å²) in [5, 5.41) is 12.9. The van der Waals surface area contributed by atoms with Crippen LogP contribution in [-0.4, -0.2) is 25.3 Å². The lowest BCUT2D eigenvalue weighted by Crippen LogP contribution is -2.21. The lowest BCUT2D eigenvalue weighted by atomic mass is 10.1. The molecule has 4 heteroatoms. The Labute approximate surface area is 95.7 Å². The van der Waals surface area contributed by atoms with Crippen LogP contribution >= 0.6 is 0 Å². The third-order valence-electron chi connectivity index (χ3n) is 2.26. The molecule has 0 fully saturated rings. The van der Waals surface area contributed by atoms with Crippen molar-refractivity contribution in [3.63, 3.8) is 0 Å². The molecule has 1 aromatic rings. The first-order valence-corrected chi connectivity index (χ1v) is 5.12. The molecule has 0 aliphatic rings. The van der Waals surface area contributed by atoms with E-state index in [2.05, 4.69) is 11.9 Å². The average Bonchev–Trinajstić information content (AvgIpc) is 2.29. The molecule has 0 radical (unpaired) electrons. The normalized spacial score (nSPS) is 12.1. The quantitative estimate of drug-likeness (QED) is 0.383. The van der Waals surface area contributed by atoms with Gasteiger partial charge in [-0.2, -0.15) is 0 Å². The molecule has 0 heterocycles. The van der Waals surface area contributed by atoms with Gasteiger partial charge in [-0.25, -0.2) is 0 Å². The van der Waals surface area contributed by atoms with Crippen LogP contribution < -0.4 is 15.8 Å². The van der Waals surface area contributed by atoms with Gasteiger partial charge in [0.05, 0.1) is 18.9 Å². The Morgan fingerprint density at radius 1 is 1.62 bits per heavy atom. The summed E-state index contributed by atoms with van der Waals surface area (Å²) in [5.41, 5.74) is 7.06. The van der Waals surface area contributed by atoms with Crippen molar-refractivity contribution >= 4 is 5.69 Å². The van der Waals surface area contributed by atoms with Gasteiger partial charge in [0.15, 0.2) is 0 Å². The number of benzene rings is 1. The summed E-state index contributed by atoms with van der Waals surface area (Å²) >= 11 is 0. The van der Waals surface area contributed by atoms with Crippen molar-refractivity contribution in [1.82, 2.24) is 5.32 Å². The molecule has 0 aliphatic carbocycles. The zero-order valence-corrected chi connectivity index (χ0v) is 9.44. The van der Waals surface area contributed by atoms with Gasteiger partial charge in [-0.1, -0.05) is 12.1 Å². The van der Waals surface area contributed by atoms with Crippen molar-refractivity contribution in [3.8, 4) is 5.75 Å². The van der Waals surface area contributed by atoms with Gasteiger partial charge in [0.25, 0.3) is 0 Å². The van der Waals surface area contributed by atoms with E-state index in [1.807, 2.05) is 0 Å². The Kier molecular flexibility index (Phi) is 4.82. The number of nitrogens with two attached hydrogens (primary N) is 1. The highest BCUT2D eigenvalue weighted by Gasteiger charge is 2.08. The van der Waals surface area contributed by atoms with Crippen LogP contribution in [0.3, 0.4) is 0 Å². The summed E-state index contributed by atoms with van der Waals surface area (Å²) in [7, 11) is 1.56. The third kappa shape index (κ3) is 3.25. The van der Waals surface area contributed by atoms with Crippen LogP contribution in [0.15, 0.2) is 30.9 Å². The zero-order valence-electron chi connectivity index (χ0n) is 9.44. The van der Waals surface area contributed by atoms with Gasteiger partial charge >= 0.3 is 0 Å². The maximum Gasteiger partial charge on any atom is 0.141 e. The number of nitrogen functional groups attached to an aromatic ring is 1. The first-order valence-electron chi connectivity index (χ1n) is 5.12. The number of methoxy groups -OCH3 is 1. The van der Waals surface area contributed by atoms with E-state index in [1.165, 1.54) is 0 Å². The number of anilines is 1. The highest BCUT2D eigenvalue weighted by molar-refractivity contribution is 5.54. The van der Waals surface area contributed by atoms with E-state index in [4.69, 9.17) is 10.5 Å². The van der Waals surface area contributed by atoms with Gasteiger partial charge in [0.1, 0.15) is 5.75 Å². The Morgan fingerprint density at radius 2 is 2.38 bits per heavy atom.